The minimum atomic E-state index is -4.65. The zero-order valence-electron chi connectivity index (χ0n) is 20.1. The molecule has 12 heteroatoms. The second-order valence-corrected chi connectivity index (χ2v) is 8.19. The number of methoxy groups -OCH3 is 1. The summed E-state index contributed by atoms with van der Waals surface area (Å²) in [5.41, 5.74) is 3.91. The fraction of sp³-hybridized carbons (Fsp3) is 0.280. The van der Waals surface area contributed by atoms with Gasteiger partial charge in [-0.15, -0.1) is 0 Å². The number of hydrogen-bond donors (Lipinski definition) is 3. The van der Waals surface area contributed by atoms with Crippen LogP contribution in [0, 0.1) is 0 Å². The maximum Gasteiger partial charge on any atom is 0.420 e. The minimum Gasteiger partial charge on any atom is -0.497 e. The Labute approximate surface area is 211 Å². The van der Waals surface area contributed by atoms with Gasteiger partial charge in [0.15, 0.2) is 0 Å². The van der Waals surface area contributed by atoms with E-state index in [0.29, 0.717) is 18.5 Å². The fourth-order valence-electron chi connectivity index (χ4n) is 3.32. The van der Waals surface area contributed by atoms with Gasteiger partial charge in [0, 0.05) is 18.6 Å². The standard InChI is InChI=1S/C25H26F3N5O4/c1-4-30-13-16(12-29)22(34)33-24(9-10-24)23(35)32-15(2)20-7-5-18(14-31-20)37-21-8-6-17(36-3)11-19(21)25(26,27)28/h4-8,11-15H,1,9-10,29H2,2-3H3,(H,32,35)(H,33,34)/b16-12+,30-13-. The lowest BCUT2D eigenvalue weighted by Crippen LogP contribution is -2.50. The topological polar surface area (TPSA) is 128 Å². The second-order valence-electron chi connectivity index (χ2n) is 8.19. The van der Waals surface area contributed by atoms with Crippen LogP contribution in [0.3, 0.4) is 0 Å². The van der Waals surface area contributed by atoms with Crippen molar-refractivity contribution >= 4 is 18.0 Å². The molecule has 1 unspecified atom stereocenters. The van der Waals surface area contributed by atoms with Crippen LogP contribution in [0.15, 0.2) is 66.1 Å². The first kappa shape index (κ1) is 27.2. The van der Waals surface area contributed by atoms with Crippen LogP contribution in [0.4, 0.5) is 13.2 Å². The number of nitrogens with two attached hydrogens (primary N) is 1. The Morgan fingerprint density at radius 2 is 1.95 bits per heavy atom. The molecule has 1 heterocycles. The summed E-state index contributed by atoms with van der Waals surface area (Å²) in [6.45, 7) is 5.11. The van der Waals surface area contributed by atoms with Gasteiger partial charge in [0.2, 0.25) is 5.91 Å². The van der Waals surface area contributed by atoms with Crippen molar-refractivity contribution < 1.29 is 32.2 Å². The number of carbonyl (C=O) groups excluding carboxylic acids is 2. The van der Waals surface area contributed by atoms with Gasteiger partial charge in [0.1, 0.15) is 28.4 Å². The van der Waals surface area contributed by atoms with Crippen LogP contribution >= 0.6 is 0 Å². The van der Waals surface area contributed by atoms with E-state index in [4.69, 9.17) is 15.2 Å². The number of alkyl halides is 3. The zero-order valence-corrected chi connectivity index (χ0v) is 20.1. The summed E-state index contributed by atoms with van der Waals surface area (Å²) >= 11 is 0. The van der Waals surface area contributed by atoms with Crippen LogP contribution in [-0.2, 0) is 15.8 Å². The maximum absolute atomic E-state index is 13.4. The SMILES string of the molecule is C=C/N=C\C(=C/N)C(=O)NC1(C(=O)NC(C)c2ccc(Oc3ccc(OC)cc3C(F)(F)F)cn2)CC1. The molecule has 1 atom stereocenters. The Hall–Kier alpha value is -4.35. The summed E-state index contributed by atoms with van der Waals surface area (Å²) in [6.07, 6.45) is 1.05. The number of carbonyl (C=O) groups is 2. The number of amides is 2. The molecule has 1 aliphatic carbocycles. The van der Waals surface area contributed by atoms with Gasteiger partial charge >= 0.3 is 6.18 Å². The monoisotopic (exact) mass is 517 g/mol. The number of pyridine rings is 1. The van der Waals surface area contributed by atoms with E-state index in [9.17, 15) is 22.8 Å². The summed E-state index contributed by atoms with van der Waals surface area (Å²) in [5.74, 6) is -1.24. The molecule has 9 nitrogen and oxygen atoms in total. The molecule has 0 spiro atoms. The average Bonchev–Trinajstić information content (AvgIpc) is 3.65. The van der Waals surface area contributed by atoms with Gasteiger partial charge in [0.05, 0.1) is 30.6 Å². The van der Waals surface area contributed by atoms with Crippen molar-refractivity contribution in [3.8, 4) is 17.2 Å². The molecule has 2 amide bonds. The maximum atomic E-state index is 13.4. The Kier molecular flexibility index (Phi) is 8.21. The second kappa shape index (κ2) is 11.1. The first-order valence-electron chi connectivity index (χ1n) is 11.1. The molecule has 1 aromatic carbocycles. The number of rotatable bonds is 10. The first-order valence-corrected chi connectivity index (χ1v) is 11.1. The molecule has 4 N–H and O–H groups in total. The van der Waals surface area contributed by atoms with Crippen LogP contribution in [0.1, 0.15) is 37.1 Å². The van der Waals surface area contributed by atoms with Crippen molar-refractivity contribution in [3.63, 3.8) is 0 Å². The van der Waals surface area contributed by atoms with E-state index >= 15 is 0 Å². The summed E-state index contributed by atoms with van der Waals surface area (Å²) in [6, 6.07) is 5.78. The predicted molar refractivity (Wildman–Crippen MR) is 130 cm³/mol. The van der Waals surface area contributed by atoms with E-state index in [1.54, 1.807) is 6.92 Å². The molecule has 0 saturated heterocycles. The van der Waals surface area contributed by atoms with Gasteiger partial charge in [-0.3, -0.25) is 19.6 Å². The quantitative estimate of drug-likeness (QED) is 0.325. The number of nitrogens with zero attached hydrogens (tertiary/aromatic N) is 2. The van der Waals surface area contributed by atoms with Gasteiger partial charge in [-0.2, -0.15) is 13.2 Å². The normalized spacial score (nSPS) is 15.5. The summed E-state index contributed by atoms with van der Waals surface area (Å²) < 4.78 is 50.5. The fourth-order valence-corrected chi connectivity index (χ4v) is 3.32. The van der Waals surface area contributed by atoms with Crippen LogP contribution in [0.5, 0.6) is 17.2 Å². The molecule has 37 heavy (non-hydrogen) atoms. The minimum absolute atomic E-state index is 0.0440. The number of ether oxygens (including phenoxy) is 2. The summed E-state index contributed by atoms with van der Waals surface area (Å²) in [7, 11) is 1.27. The van der Waals surface area contributed by atoms with Gasteiger partial charge in [-0.25, -0.2) is 0 Å². The van der Waals surface area contributed by atoms with E-state index in [-0.39, 0.29) is 17.1 Å². The molecule has 0 radical (unpaired) electrons. The van der Waals surface area contributed by atoms with E-state index in [0.717, 1.165) is 18.3 Å². The molecule has 3 rings (SSSR count). The number of aliphatic imine (C=N–C) groups is 1. The molecule has 1 aliphatic rings. The van der Waals surface area contributed by atoms with Gasteiger partial charge in [-0.05, 0) is 50.1 Å². The predicted octanol–water partition coefficient (Wildman–Crippen LogP) is 3.78. The van der Waals surface area contributed by atoms with Crippen LogP contribution < -0.4 is 25.8 Å². The smallest absolute Gasteiger partial charge is 0.420 e. The summed E-state index contributed by atoms with van der Waals surface area (Å²) in [5, 5.41) is 5.47. The Bertz CT molecular complexity index is 1220. The molecule has 196 valence electrons. The Morgan fingerprint density at radius 3 is 2.49 bits per heavy atom. The lowest BCUT2D eigenvalue weighted by Gasteiger charge is -2.21. The highest BCUT2D eigenvalue weighted by Crippen LogP contribution is 2.40. The lowest BCUT2D eigenvalue weighted by atomic mass is 10.1. The highest BCUT2D eigenvalue weighted by molar-refractivity contribution is 6.13. The summed E-state index contributed by atoms with van der Waals surface area (Å²) in [4.78, 5) is 33.3. The van der Waals surface area contributed by atoms with Crippen molar-refractivity contribution in [1.29, 1.82) is 0 Å². The van der Waals surface area contributed by atoms with Crippen molar-refractivity contribution in [2.75, 3.05) is 7.11 Å². The highest BCUT2D eigenvalue weighted by atomic mass is 19.4. The van der Waals surface area contributed by atoms with Gasteiger partial charge in [0.25, 0.3) is 5.91 Å². The lowest BCUT2D eigenvalue weighted by molar-refractivity contribution is -0.138. The third-order valence-corrected chi connectivity index (χ3v) is 5.57. The third-order valence-electron chi connectivity index (χ3n) is 5.57. The molecule has 0 bridgehead atoms. The van der Waals surface area contributed by atoms with Gasteiger partial charge in [-0.1, -0.05) is 6.58 Å². The molecule has 1 aromatic heterocycles. The Morgan fingerprint density at radius 1 is 1.24 bits per heavy atom. The number of halogens is 3. The van der Waals surface area contributed by atoms with Crippen LogP contribution in [-0.4, -0.2) is 35.7 Å². The molecular weight excluding hydrogens is 491 g/mol. The van der Waals surface area contributed by atoms with Crippen molar-refractivity contribution in [3.05, 3.63) is 72.3 Å². The Balaban J connectivity index is 1.66. The van der Waals surface area contributed by atoms with Crippen LogP contribution in [0.25, 0.3) is 0 Å². The largest absolute Gasteiger partial charge is 0.497 e. The van der Waals surface area contributed by atoms with Crippen molar-refractivity contribution in [1.82, 2.24) is 15.6 Å². The van der Waals surface area contributed by atoms with E-state index in [2.05, 4.69) is 27.2 Å². The molecule has 0 aliphatic heterocycles. The van der Waals surface area contributed by atoms with Crippen LogP contribution in [0.2, 0.25) is 0 Å². The van der Waals surface area contributed by atoms with Crippen molar-refractivity contribution in [2.24, 2.45) is 10.7 Å². The van der Waals surface area contributed by atoms with Gasteiger partial charge < -0.3 is 25.8 Å². The number of hydrogen-bond acceptors (Lipinski definition) is 7. The highest BCUT2D eigenvalue weighted by Gasteiger charge is 2.51. The van der Waals surface area contributed by atoms with E-state index in [1.165, 1.54) is 43.9 Å². The molecular formula is C25H26F3N5O4. The third kappa shape index (κ3) is 6.66. The molecule has 1 saturated carbocycles. The van der Waals surface area contributed by atoms with E-state index < -0.39 is 40.9 Å². The van der Waals surface area contributed by atoms with Crippen molar-refractivity contribution in [2.45, 2.75) is 37.5 Å². The average molecular weight is 518 g/mol. The van der Waals surface area contributed by atoms with E-state index in [1.807, 2.05) is 0 Å². The first-order chi connectivity index (χ1) is 17.5. The number of nitrogens with one attached hydrogen (secondary N) is 2. The number of benzene rings is 1. The molecule has 1 fully saturated rings. The zero-order chi connectivity index (χ0) is 27.2. The molecule has 2 aromatic rings. The number of aromatic nitrogens is 1.